The first kappa shape index (κ1) is 7.64. The van der Waals surface area contributed by atoms with E-state index in [4.69, 9.17) is 5.73 Å². The zero-order valence-electron chi connectivity index (χ0n) is 6.64. The minimum Gasteiger partial charge on any atom is -0.388 e. The van der Waals surface area contributed by atoms with E-state index in [9.17, 15) is 5.11 Å². The Morgan fingerprint density at radius 3 is 2.50 bits per heavy atom. The lowest BCUT2D eigenvalue weighted by Gasteiger charge is -2.16. The third kappa shape index (κ3) is 1.19. The highest BCUT2D eigenvalue weighted by Crippen LogP contribution is 2.43. The largest absolute Gasteiger partial charge is 0.388 e. The molecule has 1 aliphatic carbocycles. The van der Waals surface area contributed by atoms with E-state index < -0.39 is 5.60 Å². The molecule has 1 unspecified atom stereocenters. The first-order chi connectivity index (χ1) is 5.72. The number of hydrogen-bond acceptors (Lipinski definition) is 4. The lowest BCUT2D eigenvalue weighted by molar-refractivity contribution is 0.119. The summed E-state index contributed by atoms with van der Waals surface area (Å²) in [7, 11) is 0. The summed E-state index contributed by atoms with van der Waals surface area (Å²) in [6.45, 7) is 0. The van der Waals surface area contributed by atoms with Gasteiger partial charge in [-0.3, -0.25) is 0 Å². The standard InChI is InChI=1S/C8H11N3O/c9-7(8(12)1-2-8)6-3-10-5-11-4-6/h3-5,7,12H,1-2,9H2. The van der Waals surface area contributed by atoms with Gasteiger partial charge in [0.1, 0.15) is 6.33 Å². The molecule has 0 aromatic carbocycles. The predicted octanol–water partition coefficient (Wildman–Crippen LogP) is 0.00130. The zero-order valence-corrected chi connectivity index (χ0v) is 6.64. The molecular formula is C8H11N3O. The summed E-state index contributed by atoms with van der Waals surface area (Å²) in [6.07, 6.45) is 6.31. The SMILES string of the molecule is NC(c1cncnc1)C1(O)CC1. The molecule has 1 fully saturated rings. The van der Waals surface area contributed by atoms with Gasteiger partial charge in [-0.05, 0) is 12.8 Å². The van der Waals surface area contributed by atoms with Crippen molar-refractivity contribution in [2.45, 2.75) is 24.5 Å². The molecule has 2 rings (SSSR count). The molecule has 0 amide bonds. The Bertz CT molecular complexity index is 271. The summed E-state index contributed by atoms with van der Waals surface area (Å²) >= 11 is 0. The quantitative estimate of drug-likeness (QED) is 0.647. The Kier molecular flexibility index (Phi) is 1.59. The summed E-state index contributed by atoms with van der Waals surface area (Å²) < 4.78 is 0. The van der Waals surface area contributed by atoms with Gasteiger partial charge in [0.05, 0.1) is 11.6 Å². The molecular weight excluding hydrogens is 154 g/mol. The van der Waals surface area contributed by atoms with Crippen molar-refractivity contribution in [2.75, 3.05) is 0 Å². The number of nitrogens with two attached hydrogens (primary N) is 1. The molecule has 1 atom stereocenters. The highest BCUT2D eigenvalue weighted by atomic mass is 16.3. The normalized spacial score (nSPS) is 21.8. The monoisotopic (exact) mass is 165 g/mol. The average molecular weight is 165 g/mol. The second-order valence-electron chi connectivity index (χ2n) is 3.25. The minimum atomic E-state index is -0.690. The Hall–Kier alpha value is -1.00. The highest BCUT2D eigenvalue weighted by Gasteiger charge is 2.46. The molecule has 0 bridgehead atoms. The van der Waals surface area contributed by atoms with E-state index in [0.29, 0.717) is 0 Å². The first-order valence-electron chi connectivity index (χ1n) is 3.95. The van der Waals surface area contributed by atoms with Crippen LogP contribution in [0.2, 0.25) is 0 Å². The number of hydrogen-bond donors (Lipinski definition) is 2. The van der Waals surface area contributed by atoms with Crippen molar-refractivity contribution in [3.63, 3.8) is 0 Å². The van der Waals surface area contributed by atoms with E-state index >= 15 is 0 Å². The van der Waals surface area contributed by atoms with Gasteiger partial charge in [0.2, 0.25) is 0 Å². The Morgan fingerprint density at radius 1 is 1.42 bits per heavy atom. The molecule has 4 nitrogen and oxygen atoms in total. The molecule has 1 saturated carbocycles. The van der Waals surface area contributed by atoms with Crippen LogP contribution in [0.4, 0.5) is 0 Å². The summed E-state index contributed by atoms with van der Waals surface area (Å²) in [5.41, 5.74) is 5.92. The molecule has 0 radical (unpaired) electrons. The van der Waals surface area contributed by atoms with Gasteiger partial charge in [-0.1, -0.05) is 0 Å². The molecule has 0 spiro atoms. The van der Waals surface area contributed by atoms with E-state index in [2.05, 4.69) is 9.97 Å². The van der Waals surface area contributed by atoms with E-state index in [1.54, 1.807) is 12.4 Å². The van der Waals surface area contributed by atoms with E-state index in [1.165, 1.54) is 6.33 Å². The molecule has 1 aromatic heterocycles. The molecule has 1 aliphatic rings. The lowest BCUT2D eigenvalue weighted by Crippen LogP contribution is -2.27. The van der Waals surface area contributed by atoms with Crippen LogP contribution in [-0.2, 0) is 0 Å². The van der Waals surface area contributed by atoms with Crippen molar-refractivity contribution in [3.8, 4) is 0 Å². The van der Waals surface area contributed by atoms with Crippen LogP contribution in [0.1, 0.15) is 24.4 Å². The smallest absolute Gasteiger partial charge is 0.115 e. The van der Waals surface area contributed by atoms with Gasteiger partial charge in [0.25, 0.3) is 0 Å². The van der Waals surface area contributed by atoms with Crippen molar-refractivity contribution < 1.29 is 5.11 Å². The Morgan fingerprint density at radius 2 is 2.00 bits per heavy atom. The van der Waals surface area contributed by atoms with Crippen LogP contribution >= 0.6 is 0 Å². The third-order valence-electron chi connectivity index (χ3n) is 2.28. The van der Waals surface area contributed by atoms with Gasteiger partial charge in [-0.2, -0.15) is 0 Å². The van der Waals surface area contributed by atoms with Crippen LogP contribution in [0.3, 0.4) is 0 Å². The molecule has 12 heavy (non-hydrogen) atoms. The van der Waals surface area contributed by atoms with Crippen LogP contribution in [-0.4, -0.2) is 20.7 Å². The molecule has 0 aliphatic heterocycles. The molecule has 0 saturated heterocycles. The number of nitrogens with zero attached hydrogens (tertiary/aromatic N) is 2. The maximum atomic E-state index is 9.67. The van der Waals surface area contributed by atoms with E-state index in [-0.39, 0.29) is 6.04 Å². The second-order valence-corrected chi connectivity index (χ2v) is 3.25. The fourth-order valence-corrected chi connectivity index (χ4v) is 1.22. The van der Waals surface area contributed by atoms with Crippen molar-refractivity contribution in [1.29, 1.82) is 0 Å². The first-order valence-corrected chi connectivity index (χ1v) is 3.95. The molecule has 1 aromatic rings. The maximum Gasteiger partial charge on any atom is 0.115 e. The molecule has 4 heteroatoms. The molecule has 3 N–H and O–H groups in total. The van der Waals surface area contributed by atoms with Gasteiger partial charge in [-0.15, -0.1) is 0 Å². The third-order valence-corrected chi connectivity index (χ3v) is 2.28. The van der Waals surface area contributed by atoms with E-state index in [0.717, 1.165) is 18.4 Å². The van der Waals surface area contributed by atoms with Crippen molar-refractivity contribution >= 4 is 0 Å². The Labute approximate surface area is 70.5 Å². The topological polar surface area (TPSA) is 72.0 Å². The minimum absolute atomic E-state index is 0.335. The fourth-order valence-electron chi connectivity index (χ4n) is 1.22. The predicted molar refractivity (Wildman–Crippen MR) is 43.1 cm³/mol. The van der Waals surface area contributed by atoms with Crippen LogP contribution in [0.5, 0.6) is 0 Å². The van der Waals surface area contributed by atoms with Gasteiger partial charge in [-0.25, -0.2) is 9.97 Å². The van der Waals surface area contributed by atoms with Crippen LogP contribution in [0, 0.1) is 0 Å². The van der Waals surface area contributed by atoms with Crippen LogP contribution in [0.15, 0.2) is 18.7 Å². The second kappa shape index (κ2) is 2.50. The molecule has 64 valence electrons. The van der Waals surface area contributed by atoms with E-state index in [1.807, 2.05) is 0 Å². The van der Waals surface area contributed by atoms with Crippen LogP contribution in [0.25, 0.3) is 0 Å². The number of aromatic nitrogens is 2. The van der Waals surface area contributed by atoms with Crippen LogP contribution < -0.4 is 5.73 Å². The zero-order chi connectivity index (χ0) is 8.60. The van der Waals surface area contributed by atoms with Crippen molar-refractivity contribution in [2.24, 2.45) is 5.73 Å². The van der Waals surface area contributed by atoms with Gasteiger partial charge >= 0.3 is 0 Å². The lowest BCUT2D eigenvalue weighted by atomic mass is 10.0. The molecule has 1 heterocycles. The summed E-state index contributed by atoms with van der Waals surface area (Å²) in [5, 5.41) is 9.67. The summed E-state index contributed by atoms with van der Waals surface area (Å²) in [6, 6.07) is -0.335. The number of rotatable bonds is 2. The Balaban J connectivity index is 2.20. The highest BCUT2D eigenvalue weighted by molar-refractivity contribution is 5.18. The summed E-state index contributed by atoms with van der Waals surface area (Å²) in [4.78, 5) is 7.69. The average Bonchev–Trinajstić information content (AvgIpc) is 2.85. The fraction of sp³-hybridized carbons (Fsp3) is 0.500. The van der Waals surface area contributed by atoms with Gasteiger partial charge < -0.3 is 10.8 Å². The van der Waals surface area contributed by atoms with Crippen molar-refractivity contribution in [1.82, 2.24) is 9.97 Å². The maximum absolute atomic E-state index is 9.67. The van der Waals surface area contributed by atoms with Gasteiger partial charge in [0, 0.05) is 18.0 Å². The van der Waals surface area contributed by atoms with Gasteiger partial charge in [0.15, 0.2) is 0 Å². The summed E-state index contributed by atoms with van der Waals surface area (Å²) in [5.74, 6) is 0. The van der Waals surface area contributed by atoms with Crippen molar-refractivity contribution in [3.05, 3.63) is 24.3 Å². The number of aliphatic hydroxyl groups is 1.